The molecule has 46 heavy (non-hydrogen) atoms. The third kappa shape index (κ3) is 9.22. The van der Waals surface area contributed by atoms with Gasteiger partial charge in [0.25, 0.3) is 0 Å². The maximum atomic E-state index is 2.82. The van der Waals surface area contributed by atoms with Gasteiger partial charge in [-0.05, 0) is 171 Å². The molecular weight excluding hydrogens is 598 g/mol. The minimum atomic E-state index is -0.657. The van der Waals surface area contributed by atoms with Crippen LogP contribution in [0.4, 0.5) is 0 Å². The van der Waals surface area contributed by atoms with E-state index in [2.05, 4.69) is 166 Å². The molecule has 0 radical (unpaired) electrons. The van der Waals surface area contributed by atoms with Crippen LogP contribution in [0.3, 0.4) is 0 Å². The molecule has 0 unspecified atom stereocenters. The molecular formula is C40H70N4P2. The largest absolute Gasteiger partial charge is 0.261 e. The average molecular weight is 669 g/mol. The number of benzene rings is 2. The quantitative estimate of drug-likeness (QED) is 0.186. The highest BCUT2D eigenvalue weighted by atomic mass is 31.1. The molecule has 6 heteroatoms. The summed E-state index contributed by atoms with van der Waals surface area (Å²) in [6, 6.07) is 19.0. The molecule has 4 bridgehead atoms. The predicted octanol–water partition coefficient (Wildman–Crippen LogP) is 9.92. The maximum absolute atomic E-state index is 2.82. The van der Waals surface area contributed by atoms with Crippen LogP contribution in [0.15, 0.2) is 36.4 Å². The van der Waals surface area contributed by atoms with Crippen molar-refractivity contribution in [2.24, 2.45) is 0 Å². The van der Waals surface area contributed by atoms with Crippen LogP contribution >= 0.6 is 16.4 Å². The molecule has 2 aromatic carbocycles. The highest BCUT2D eigenvalue weighted by molar-refractivity contribution is 7.61. The average Bonchev–Trinajstić information content (AvgIpc) is 2.91. The molecule has 0 spiro atoms. The van der Waals surface area contributed by atoms with E-state index < -0.39 is 16.4 Å². The first kappa shape index (κ1) is 39.6. The molecule has 0 N–H and O–H groups in total. The Hall–Kier alpha value is -0.860. The van der Waals surface area contributed by atoms with Crippen LogP contribution in [-0.4, -0.2) is 67.0 Å². The van der Waals surface area contributed by atoms with Crippen molar-refractivity contribution in [3.8, 4) is 0 Å². The van der Waals surface area contributed by atoms with Gasteiger partial charge < -0.3 is 0 Å². The normalized spacial score (nSPS) is 14.7. The van der Waals surface area contributed by atoms with Crippen LogP contribution in [0.1, 0.15) is 133 Å². The summed E-state index contributed by atoms with van der Waals surface area (Å²) in [6.07, 6.45) is 4.31. The number of hydrogen-bond acceptors (Lipinski definition) is 4. The van der Waals surface area contributed by atoms with Crippen molar-refractivity contribution in [1.82, 2.24) is 18.7 Å². The predicted molar refractivity (Wildman–Crippen MR) is 209 cm³/mol. The van der Waals surface area contributed by atoms with Gasteiger partial charge in [0.05, 0.1) is 16.4 Å². The summed E-state index contributed by atoms with van der Waals surface area (Å²) in [5.74, 6) is 0. The molecule has 0 aromatic heterocycles. The Morgan fingerprint density at radius 3 is 0.826 bits per heavy atom. The number of rotatable bonds is 14. The zero-order valence-electron chi connectivity index (χ0n) is 32.6. The van der Waals surface area contributed by atoms with Gasteiger partial charge in [0.2, 0.25) is 0 Å². The monoisotopic (exact) mass is 669 g/mol. The smallest absolute Gasteiger partial charge is 0.0737 e. The number of aryl methyl sites for hydroxylation is 4. The Morgan fingerprint density at radius 1 is 0.370 bits per heavy atom. The summed E-state index contributed by atoms with van der Waals surface area (Å²) in [6.45, 7) is 38.3. The van der Waals surface area contributed by atoms with E-state index in [9.17, 15) is 0 Å². The first-order chi connectivity index (χ1) is 21.5. The van der Waals surface area contributed by atoms with E-state index in [0.29, 0.717) is 48.3 Å². The third-order valence-electron chi connectivity index (χ3n) is 9.20. The fourth-order valence-electron chi connectivity index (χ4n) is 7.75. The Balaban J connectivity index is 2.22. The van der Waals surface area contributed by atoms with Crippen molar-refractivity contribution in [3.63, 3.8) is 0 Å². The molecule has 0 amide bonds. The summed E-state index contributed by atoms with van der Waals surface area (Å²) >= 11 is 0. The lowest BCUT2D eigenvalue weighted by Crippen LogP contribution is -2.46. The molecule has 0 heterocycles. The van der Waals surface area contributed by atoms with Crippen molar-refractivity contribution < 1.29 is 0 Å². The van der Waals surface area contributed by atoms with E-state index in [1.807, 2.05) is 0 Å². The summed E-state index contributed by atoms with van der Waals surface area (Å²) < 4.78 is 11.3. The van der Waals surface area contributed by atoms with Gasteiger partial charge in [-0.3, -0.25) is 18.7 Å². The lowest BCUT2D eigenvalue weighted by atomic mass is 9.96. The molecule has 4 aliphatic rings. The van der Waals surface area contributed by atoms with Crippen molar-refractivity contribution in [2.45, 2.75) is 185 Å². The minimum Gasteiger partial charge on any atom is -0.261 e. The lowest BCUT2D eigenvalue weighted by Gasteiger charge is -2.48. The molecule has 260 valence electrons. The van der Waals surface area contributed by atoms with Gasteiger partial charge in [0.1, 0.15) is 0 Å². The Bertz CT molecular complexity index is 1070. The van der Waals surface area contributed by atoms with Crippen LogP contribution in [-0.2, 0) is 25.7 Å². The zero-order chi connectivity index (χ0) is 34.6. The highest BCUT2D eigenvalue weighted by Gasteiger charge is 2.37. The standard InChI is InChI=1S/C40H70N4P2/c1-27(2)41(28(3)4)45(42(29(5)6)30(7)8)39-25-35-17-21-37(39)23-19-36-18-22-38(24-20-35)40(26-36)46(43(31(9)10)32(11)12)44(33(13)14)34(15)16/h17-18,21-22,25-34H,19-20,23-24H2,1-16H3. The number of hydrogen-bond donors (Lipinski definition) is 0. The highest BCUT2D eigenvalue weighted by Crippen LogP contribution is 2.51. The fraction of sp³-hybridized carbons (Fsp3) is 0.700. The molecule has 0 fully saturated rings. The first-order valence-electron chi connectivity index (χ1n) is 18.4. The van der Waals surface area contributed by atoms with Crippen molar-refractivity contribution >= 4 is 27.1 Å². The molecule has 0 atom stereocenters. The summed E-state index contributed by atoms with van der Waals surface area (Å²) in [5, 5.41) is 3.18. The van der Waals surface area contributed by atoms with Gasteiger partial charge in [-0.2, -0.15) is 0 Å². The molecule has 6 rings (SSSR count). The van der Waals surface area contributed by atoms with E-state index in [0.717, 1.165) is 25.7 Å². The van der Waals surface area contributed by atoms with E-state index in [1.54, 1.807) is 10.6 Å². The molecule has 2 aromatic rings. The molecule has 0 saturated heterocycles. The molecule has 4 nitrogen and oxygen atoms in total. The SMILES string of the molecule is CC(C)N(C(C)C)P(c1cc2ccc1CCc1ccc(c(P(N(C(C)C)C(C)C)N(C(C)C)C(C)C)c1)CC2)N(C(C)C)C(C)C. The summed E-state index contributed by atoms with van der Waals surface area (Å²) in [5.41, 5.74) is 6.05. The van der Waals surface area contributed by atoms with Crippen molar-refractivity contribution in [2.75, 3.05) is 0 Å². The molecule has 4 aliphatic carbocycles. The fourth-order valence-corrected chi connectivity index (χ4v) is 14.2. The van der Waals surface area contributed by atoms with Crippen LogP contribution in [0.25, 0.3) is 0 Å². The minimum absolute atomic E-state index is 0.477. The second kappa shape index (κ2) is 17.2. The van der Waals surface area contributed by atoms with Crippen LogP contribution in [0.2, 0.25) is 0 Å². The first-order valence-corrected chi connectivity index (χ1v) is 20.9. The Labute approximate surface area is 288 Å². The van der Waals surface area contributed by atoms with E-state index in [-0.39, 0.29) is 0 Å². The van der Waals surface area contributed by atoms with Gasteiger partial charge in [0.15, 0.2) is 0 Å². The topological polar surface area (TPSA) is 13.0 Å². The summed E-state index contributed by atoms with van der Waals surface area (Å²) in [4.78, 5) is 0. The third-order valence-corrected chi connectivity index (χ3v) is 16.3. The van der Waals surface area contributed by atoms with Gasteiger partial charge in [0, 0.05) is 58.9 Å². The molecule has 0 aliphatic heterocycles. The van der Waals surface area contributed by atoms with Gasteiger partial charge in [-0.1, -0.05) is 24.3 Å². The van der Waals surface area contributed by atoms with E-state index >= 15 is 0 Å². The Morgan fingerprint density at radius 2 is 0.609 bits per heavy atom. The maximum Gasteiger partial charge on any atom is 0.0737 e. The van der Waals surface area contributed by atoms with Gasteiger partial charge in [-0.15, -0.1) is 0 Å². The van der Waals surface area contributed by atoms with Crippen molar-refractivity contribution in [1.29, 1.82) is 0 Å². The number of nitrogens with zero attached hydrogens (tertiary/aromatic N) is 4. The van der Waals surface area contributed by atoms with Crippen LogP contribution in [0.5, 0.6) is 0 Å². The summed E-state index contributed by atoms with van der Waals surface area (Å²) in [7, 11) is -1.31. The van der Waals surface area contributed by atoms with Crippen LogP contribution < -0.4 is 10.6 Å². The zero-order valence-corrected chi connectivity index (χ0v) is 34.4. The second-order valence-corrected chi connectivity index (χ2v) is 19.7. The Kier molecular flexibility index (Phi) is 14.8. The van der Waals surface area contributed by atoms with Crippen LogP contribution in [0, 0.1) is 0 Å². The van der Waals surface area contributed by atoms with E-state index in [1.165, 1.54) is 22.3 Å². The molecule has 0 saturated carbocycles. The van der Waals surface area contributed by atoms with E-state index in [4.69, 9.17) is 0 Å². The van der Waals surface area contributed by atoms with Gasteiger partial charge >= 0.3 is 0 Å². The second-order valence-electron chi connectivity index (χ2n) is 15.8. The van der Waals surface area contributed by atoms with Gasteiger partial charge in [-0.25, -0.2) is 0 Å². The van der Waals surface area contributed by atoms with Crippen molar-refractivity contribution in [3.05, 3.63) is 58.7 Å². The lowest BCUT2D eigenvalue weighted by molar-refractivity contribution is 0.260.